The molecule has 2 aromatic rings. The van der Waals surface area contributed by atoms with Crippen LogP contribution in [-0.4, -0.2) is 18.5 Å². The smallest absolute Gasteiger partial charge is 0.319 e. The summed E-state index contributed by atoms with van der Waals surface area (Å²) in [4.78, 5) is 23.3. The molecule has 3 N–H and O–H groups in total. The van der Waals surface area contributed by atoms with E-state index in [9.17, 15) is 9.59 Å². The molecule has 0 atom stereocenters. The molecule has 0 aliphatic rings. The molecule has 1 aromatic carbocycles. The summed E-state index contributed by atoms with van der Waals surface area (Å²) in [7, 11) is 0. The number of carbonyl (C=O) groups excluding carboxylic acids is 2. The zero-order chi connectivity index (χ0) is 16.5. The molecule has 0 saturated carbocycles. The van der Waals surface area contributed by atoms with Crippen LogP contribution in [0.4, 0.5) is 16.2 Å². The normalized spacial score (nSPS) is 9.91. The molecule has 0 unspecified atom stereocenters. The molecule has 0 aliphatic heterocycles. The highest BCUT2D eigenvalue weighted by atomic mass is 16.3. The number of furan rings is 1. The highest BCUT2D eigenvalue weighted by molar-refractivity contribution is 5.92. The van der Waals surface area contributed by atoms with Crippen molar-refractivity contribution in [1.82, 2.24) is 5.32 Å². The van der Waals surface area contributed by atoms with Crippen LogP contribution in [0.5, 0.6) is 0 Å². The molecule has 2 rings (SSSR count). The van der Waals surface area contributed by atoms with Gasteiger partial charge in [-0.05, 0) is 36.4 Å². The quantitative estimate of drug-likeness (QED) is 0.687. The SMILES string of the molecule is C=CCNC(=O)Nc1ccc(NC(=O)CCc2ccco2)cc1. The third-order valence-electron chi connectivity index (χ3n) is 3.01. The highest BCUT2D eigenvalue weighted by Gasteiger charge is 2.05. The Labute approximate surface area is 134 Å². The van der Waals surface area contributed by atoms with Crippen molar-refractivity contribution in [3.05, 3.63) is 61.1 Å². The van der Waals surface area contributed by atoms with Crippen molar-refractivity contribution in [2.24, 2.45) is 0 Å². The fourth-order valence-electron chi connectivity index (χ4n) is 1.89. The van der Waals surface area contributed by atoms with Gasteiger partial charge in [0.05, 0.1) is 6.26 Å². The van der Waals surface area contributed by atoms with Gasteiger partial charge in [-0.1, -0.05) is 6.08 Å². The third-order valence-corrected chi connectivity index (χ3v) is 3.01. The van der Waals surface area contributed by atoms with Crippen LogP contribution in [0.3, 0.4) is 0 Å². The number of carbonyl (C=O) groups is 2. The lowest BCUT2D eigenvalue weighted by atomic mass is 10.2. The Morgan fingerprint density at radius 1 is 1.09 bits per heavy atom. The van der Waals surface area contributed by atoms with Gasteiger partial charge >= 0.3 is 6.03 Å². The van der Waals surface area contributed by atoms with Crippen LogP contribution < -0.4 is 16.0 Å². The standard InChI is InChI=1S/C17H19N3O3/c1-2-11-18-17(22)20-14-7-5-13(6-8-14)19-16(21)10-9-15-4-3-12-23-15/h2-8,12H,1,9-11H2,(H,19,21)(H2,18,20,22). The van der Waals surface area contributed by atoms with Gasteiger partial charge < -0.3 is 20.4 Å². The van der Waals surface area contributed by atoms with Crippen molar-refractivity contribution in [3.63, 3.8) is 0 Å². The number of hydrogen-bond acceptors (Lipinski definition) is 3. The summed E-state index contributed by atoms with van der Waals surface area (Å²) in [5.41, 5.74) is 1.31. The zero-order valence-electron chi connectivity index (χ0n) is 12.7. The lowest BCUT2D eigenvalue weighted by Crippen LogP contribution is -2.28. The van der Waals surface area contributed by atoms with E-state index in [-0.39, 0.29) is 11.9 Å². The van der Waals surface area contributed by atoms with E-state index in [0.717, 1.165) is 5.76 Å². The molecule has 0 spiro atoms. The first kappa shape index (κ1) is 16.4. The highest BCUT2D eigenvalue weighted by Crippen LogP contribution is 2.14. The fraction of sp³-hybridized carbons (Fsp3) is 0.176. The molecule has 0 radical (unpaired) electrons. The summed E-state index contributed by atoms with van der Waals surface area (Å²) in [6, 6.07) is 10.2. The Kier molecular flexibility index (Phi) is 5.99. The van der Waals surface area contributed by atoms with Crippen molar-refractivity contribution in [2.75, 3.05) is 17.2 Å². The van der Waals surface area contributed by atoms with E-state index in [1.807, 2.05) is 6.07 Å². The summed E-state index contributed by atoms with van der Waals surface area (Å²) >= 11 is 0. The minimum absolute atomic E-state index is 0.0918. The van der Waals surface area contributed by atoms with Crippen LogP contribution in [-0.2, 0) is 11.2 Å². The lowest BCUT2D eigenvalue weighted by Gasteiger charge is -2.08. The molecule has 6 heteroatoms. The van der Waals surface area contributed by atoms with E-state index < -0.39 is 0 Å². The molecular weight excluding hydrogens is 294 g/mol. The number of aryl methyl sites for hydroxylation is 1. The van der Waals surface area contributed by atoms with E-state index in [1.54, 1.807) is 42.7 Å². The van der Waals surface area contributed by atoms with Gasteiger partial charge in [0.2, 0.25) is 5.91 Å². The minimum atomic E-state index is -0.305. The maximum absolute atomic E-state index is 11.8. The van der Waals surface area contributed by atoms with Gasteiger partial charge in [0.25, 0.3) is 0 Å². The van der Waals surface area contributed by atoms with Crippen LogP contribution in [0.2, 0.25) is 0 Å². The van der Waals surface area contributed by atoms with Crippen LogP contribution >= 0.6 is 0 Å². The third kappa shape index (κ3) is 5.70. The van der Waals surface area contributed by atoms with Crippen molar-refractivity contribution in [3.8, 4) is 0 Å². The van der Waals surface area contributed by atoms with Crippen LogP contribution in [0, 0.1) is 0 Å². The largest absolute Gasteiger partial charge is 0.469 e. The average molecular weight is 313 g/mol. The van der Waals surface area contributed by atoms with E-state index in [4.69, 9.17) is 4.42 Å². The summed E-state index contributed by atoms with van der Waals surface area (Å²) in [5, 5.41) is 8.09. The molecule has 0 aliphatic carbocycles. The van der Waals surface area contributed by atoms with Crippen molar-refractivity contribution < 1.29 is 14.0 Å². The molecule has 1 aromatic heterocycles. The Balaban J connectivity index is 1.78. The summed E-state index contributed by atoms with van der Waals surface area (Å²) in [6.07, 6.45) is 4.09. The average Bonchev–Trinajstić information content (AvgIpc) is 3.06. The van der Waals surface area contributed by atoms with E-state index in [1.165, 1.54) is 0 Å². The van der Waals surface area contributed by atoms with Crippen molar-refractivity contribution in [2.45, 2.75) is 12.8 Å². The Hall–Kier alpha value is -3.02. The first-order valence-corrected chi connectivity index (χ1v) is 7.25. The maximum Gasteiger partial charge on any atom is 0.319 e. The van der Waals surface area contributed by atoms with E-state index >= 15 is 0 Å². The molecule has 3 amide bonds. The monoisotopic (exact) mass is 313 g/mol. The van der Waals surface area contributed by atoms with Gasteiger partial charge in [0.1, 0.15) is 5.76 Å². The predicted octanol–water partition coefficient (Wildman–Crippen LogP) is 3.16. The molecule has 120 valence electrons. The van der Waals surface area contributed by atoms with Gasteiger partial charge in [-0.25, -0.2) is 4.79 Å². The molecule has 0 bridgehead atoms. The Morgan fingerprint density at radius 3 is 2.39 bits per heavy atom. The second-order valence-corrected chi connectivity index (χ2v) is 4.83. The second-order valence-electron chi connectivity index (χ2n) is 4.83. The van der Waals surface area contributed by atoms with Crippen LogP contribution in [0.1, 0.15) is 12.2 Å². The number of nitrogens with one attached hydrogen (secondary N) is 3. The number of amides is 3. The Morgan fingerprint density at radius 2 is 1.78 bits per heavy atom. The van der Waals surface area contributed by atoms with Crippen molar-refractivity contribution >= 4 is 23.3 Å². The molecule has 1 heterocycles. The van der Waals surface area contributed by atoms with Gasteiger partial charge in [0.15, 0.2) is 0 Å². The number of anilines is 2. The van der Waals surface area contributed by atoms with Crippen molar-refractivity contribution in [1.29, 1.82) is 0 Å². The van der Waals surface area contributed by atoms with Gasteiger partial charge in [-0.3, -0.25) is 4.79 Å². The van der Waals surface area contributed by atoms with Gasteiger partial charge in [-0.2, -0.15) is 0 Å². The minimum Gasteiger partial charge on any atom is -0.469 e. The molecule has 23 heavy (non-hydrogen) atoms. The first-order chi connectivity index (χ1) is 11.2. The maximum atomic E-state index is 11.8. The van der Waals surface area contributed by atoms with Crippen LogP contribution in [0.15, 0.2) is 59.7 Å². The van der Waals surface area contributed by atoms with E-state index in [0.29, 0.717) is 30.8 Å². The molecule has 6 nitrogen and oxygen atoms in total. The molecule has 0 fully saturated rings. The Bertz CT molecular complexity index is 648. The molecular formula is C17H19N3O3. The second kappa shape index (κ2) is 8.43. The fourth-order valence-corrected chi connectivity index (χ4v) is 1.89. The topological polar surface area (TPSA) is 83.4 Å². The summed E-state index contributed by atoms with van der Waals surface area (Å²) < 4.78 is 5.18. The summed E-state index contributed by atoms with van der Waals surface area (Å²) in [6.45, 7) is 3.92. The summed E-state index contributed by atoms with van der Waals surface area (Å²) in [5.74, 6) is 0.691. The first-order valence-electron chi connectivity index (χ1n) is 7.25. The van der Waals surface area contributed by atoms with Gasteiger partial charge in [0, 0.05) is 30.8 Å². The van der Waals surface area contributed by atoms with Crippen LogP contribution in [0.25, 0.3) is 0 Å². The van der Waals surface area contributed by atoms with Gasteiger partial charge in [-0.15, -0.1) is 6.58 Å². The molecule has 0 saturated heterocycles. The zero-order valence-corrected chi connectivity index (χ0v) is 12.7. The number of rotatable bonds is 7. The van der Waals surface area contributed by atoms with E-state index in [2.05, 4.69) is 22.5 Å². The predicted molar refractivity (Wildman–Crippen MR) is 89.3 cm³/mol. The lowest BCUT2D eigenvalue weighted by molar-refractivity contribution is -0.116. The number of benzene rings is 1. The number of urea groups is 1. The number of hydrogen-bond donors (Lipinski definition) is 3.